The number of nitrogens with two attached hydrogens (primary N) is 2. The summed E-state index contributed by atoms with van der Waals surface area (Å²) in [5.74, 6) is 6.81. The van der Waals surface area contributed by atoms with Crippen molar-refractivity contribution in [2.45, 2.75) is 20.8 Å². The monoisotopic (exact) mass is 400 g/mol. The summed E-state index contributed by atoms with van der Waals surface area (Å²) in [5, 5.41) is 0. The van der Waals surface area contributed by atoms with Gasteiger partial charge < -0.3 is 16.4 Å². The van der Waals surface area contributed by atoms with Gasteiger partial charge in [-0.25, -0.2) is 15.0 Å². The fourth-order valence-electron chi connectivity index (χ4n) is 3.03. The van der Waals surface area contributed by atoms with Crippen LogP contribution in [0.1, 0.15) is 41.0 Å². The summed E-state index contributed by atoms with van der Waals surface area (Å²) in [4.78, 5) is 27.0. The SMILES string of the molecule is CCN(CC)C(=O)c1ccc(-c2nc(N)nc(C)c2C#Cc2ccc(N)nc2)cc1. The molecule has 0 aliphatic carbocycles. The largest absolute Gasteiger partial charge is 0.384 e. The molecular formula is C23H24N6O. The van der Waals surface area contributed by atoms with Gasteiger partial charge in [-0.2, -0.15) is 0 Å². The maximum absolute atomic E-state index is 12.6. The summed E-state index contributed by atoms with van der Waals surface area (Å²) in [6.07, 6.45) is 1.61. The van der Waals surface area contributed by atoms with Crippen LogP contribution in [0.2, 0.25) is 0 Å². The molecule has 0 spiro atoms. The molecule has 152 valence electrons. The van der Waals surface area contributed by atoms with E-state index in [9.17, 15) is 4.79 Å². The Morgan fingerprint density at radius 2 is 1.70 bits per heavy atom. The third-order valence-electron chi connectivity index (χ3n) is 4.68. The Labute approximate surface area is 176 Å². The number of pyridine rings is 1. The van der Waals surface area contributed by atoms with Gasteiger partial charge in [-0.05, 0) is 45.0 Å². The number of amides is 1. The number of aryl methyl sites for hydroxylation is 1. The van der Waals surface area contributed by atoms with Crippen molar-refractivity contribution in [1.82, 2.24) is 19.9 Å². The number of nitrogen functional groups attached to an aromatic ring is 2. The normalized spacial score (nSPS) is 10.2. The summed E-state index contributed by atoms with van der Waals surface area (Å²) in [5.41, 5.74) is 15.6. The predicted octanol–water partition coefficient (Wildman–Crippen LogP) is 2.89. The lowest BCUT2D eigenvalue weighted by molar-refractivity contribution is 0.0773. The highest BCUT2D eigenvalue weighted by Crippen LogP contribution is 2.24. The second kappa shape index (κ2) is 9.05. The van der Waals surface area contributed by atoms with Crippen LogP contribution in [0.3, 0.4) is 0 Å². The van der Waals surface area contributed by atoms with Crippen molar-refractivity contribution in [1.29, 1.82) is 0 Å². The molecule has 0 aliphatic heterocycles. The first-order valence-electron chi connectivity index (χ1n) is 9.70. The van der Waals surface area contributed by atoms with Crippen LogP contribution in [0.4, 0.5) is 11.8 Å². The van der Waals surface area contributed by atoms with E-state index in [-0.39, 0.29) is 11.9 Å². The summed E-state index contributed by atoms with van der Waals surface area (Å²) >= 11 is 0. The zero-order valence-electron chi connectivity index (χ0n) is 17.3. The molecule has 0 bridgehead atoms. The van der Waals surface area contributed by atoms with Crippen molar-refractivity contribution in [3.8, 4) is 23.1 Å². The van der Waals surface area contributed by atoms with E-state index < -0.39 is 0 Å². The number of anilines is 2. The number of rotatable bonds is 4. The molecule has 0 saturated carbocycles. The highest BCUT2D eigenvalue weighted by Gasteiger charge is 2.15. The van der Waals surface area contributed by atoms with Gasteiger partial charge in [-0.15, -0.1) is 0 Å². The van der Waals surface area contributed by atoms with Crippen LogP contribution >= 0.6 is 0 Å². The number of hydrogen-bond donors (Lipinski definition) is 2. The van der Waals surface area contributed by atoms with E-state index >= 15 is 0 Å². The van der Waals surface area contributed by atoms with Gasteiger partial charge in [-0.3, -0.25) is 4.79 Å². The van der Waals surface area contributed by atoms with Crippen LogP contribution in [0, 0.1) is 18.8 Å². The number of nitrogens with zero attached hydrogens (tertiary/aromatic N) is 4. The average Bonchev–Trinajstić information content (AvgIpc) is 2.75. The Morgan fingerprint density at radius 1 is 1.00 bits per heavy atom. The van der Waals surface area contributed by atoms with Crippen molar-refractivity contribution in [2.75, 3.05) is 24.6 Å². The number of benzene rings is 1. The molecule has 3 aromatic rings. The standard InChI is InChI=1S/C23H24N6O/c1-4-29(5-2)22(30)18-10-8-17(9-11-18)21-19(15(3)27-23(25)28-21)12-6-16-7-13-20(24)26-14-16/h7-11,13-14H,4-5H2,1-3H3,(H2,24,26)(H2,25,27,28). The van der Waals surface area contributed by atoms with E-state index in [0.717, 1.165) is 11.1 Å². The minimum absolute atomic E-state index is 0.000739. The van der Waals surface area contributed by atoms with Crippen LogP contribution < -0.4 is 11.5 Å². The molecule has 0 aliphatic rings. The molecule has 7 nitrogen and oxygen atoms in total. The lowest BCUT2D eigenvalue weighted by Gasteiger charge is -2.18. The third-order valence-corrected chi connectivity index (χ3v) is 4.68. The highest BCUT2D eigenvalue weighted by atomic mass is 16.2. The van der Waals surface area contributed by atoms with Gasteiger partial charge in [0, 0.05) is 36.0 Å². The van der Waals surface area contributed by atoms with Gasteiger partial charge in [0.05, 0.1) is 17.0 Å². The molecule has 0 unspecified atom stereocenters. The maximum Gasteiger partial charge on any atom is 0.253 e. The molecule has 0 saturated heterocycles. The Bertz CT molecular complexity index is 1110. The molecule has 1 amide bonds. The second-order valence-corrected chi connectivity index (χ2v) is 6.67. The fraction of sp³-hybridized carbons (Fsp3) is 0.217. The minimum atomic E-state index is 0.000739. The van der Waals surface area contributed by atoms with Gasteiger partial charge >= 0.3 is 0 Å². The number of hydrogen-bond acceptors (Lipinski definition) is 6. The van der Waals surface area contributed by atoms with Crippen LogP contribution in [0.15, 0.2) is 42.6 Å². The zero-order valence-corrected chi connectivity index (χ0v) is 17.3. The first-order valence-corrected chi connectivity index (χ1v) is 9.70. The van der Waals surface area contributed by atoms with Gasteiger partial charge in [0.1, 0.15) is 5.82 Å². The van der Waals surface area contributed by atoms with E-state index in [1.54, 1.807) is 35.4 Å². The van der Waals surface area contributed by atoms with E-state index in [1.807, 2.05) is 32.9 Å². The quantitative estimate of drug-likeness (QED) is 0.652. The van der Waals surface area contributed by atoms with Crippen LogP contribution in [0.25, 0.3) is 11.3 Å². The number of carbonyl (C=O) groups is 1. The van der Waals surface area contributed by atoms with Crippen molar-refractivity contribution in [3.63, 3.8) is 0 Å². The minimum Gasteiger partial charge on any atom is -0.384 e. The summed E-state index contributed by atoms with van der Waals surface area (Å²) in [6, 6.07) is 10.8. The lowest BCUT2D eigenvalue weighted by atomic mass is 10.0. The van der Waals surface area contributed by atoms with Gasteiger partial charge in [0.2, 0.25) is 5.95 Å². The molecule has 4 N–H and O–H groups in total. The maximum atomic E-state index is 12.6. The Morgan fingerprint density at radius 3 is 2.30 bits per heavy atom. The summed E-state index contributed by atoms with van der Waals surface area (Å²) in [6.45, 7) is 7.09. The van der Waals surface area contributed by atoms with Crippen molar-refractivity contribution >= 4 is 17.7 Å². The van der Waals surface area contributed by atoms with E-state index in [4.69, 9.17) is 11.5 Å². The van der Waals surface area contributed by atoms with Crippen molar-refractivity contribution < 1.29 is 4.79 Å². The smallest absolute Gasteiger partial charge is 0.253 e. The Kier molecular flexibility index (Phi) is 6.28. The van der Waals surface area contributed by atoms with E-state index in [1.165, 1.54) is 0 Å². The Hall–Kier alpha value is -3.92. The Balaban J connectivity index is 2.00. The van der Waals surface area contributed by atoms with Crippen LogP contribution in [-0.2, 0) is 0 Å². The summed E-state index contributed by atoms with van der Waals surface area (Å²) < 4.78 is 0. The number of carbonyl (C=O) groups excluding carboxylic acids is 1. The van der Waals surface area contributed by atoms with Crippen LogP contribution in [0.5, 0.6) is 0 Å². The molecule has 30 heavy (non-hydrogen) atoms. The fourth-order valence-corrected chi connectivity index (χ4v) is 3.03. The van der Waals surface area contributed by atoms with Gasteiger partial charge in [0.25, 0.3) is 5.91 Å². The highest BCUT2D eigenvalue weighted by molar-refractivity contribution is 5.94. The topological polar surface area (TPSA) is 111 Å². The van der Waals surface area contributed by atoms with Crippen molar-refractivity contribution in [2.24, 2.45) is 0 Å². The van der Waals surface area contributed by atoms with Crippen LogP contribution in [-0.4, -0.2) is 38.8 Å². The molecule has 0 atom stereocenters. The molecule has 2 heterocycles. The zero-order chi connectivity index (χ0) is 21.7. The number of aromatic nitrogens is 3. The molecule has 7 heteroatoms. The van der Waals surface area contributed by atoms with E-state index in [0.29, 0.717) is 41.4 Å². The van der Waals surface area contributed by atoms with E-state index in [2.05, 4.69) is 26.8 Å². The van der Waals surface area contributed by atoms with Gasteiger partial charge in [-0.1, -0.05) is 24.0 Å². The lowest BCUT2D eigenvalue weighted by Crippen LogP contribution is -2.30. The molecule has 0 fully saturated rings. The molecule has 0 radical (unpaired) electrons. The molecular weight excluding hydrogens is 376 g/mol. The average molecular weight is 400 g/mol. The third kappa shape index (κ3) is 4.55. The predicted molar refractivity (Wildman–Crippen MR) is 118 cm³/mol. The molecule has 3 rings (SSSR count). The van der Waals surface area contributed by atoms with Crippen molar-refractivity contribution in [3.05, 3.63) is 65.0 Å². The molecule has 2 aromatic heterocycles. The first kappa shape index (κ1) is 20.8. The first-order chi connectivity index (χ1) is 14.4. The second-order valence-electron chi connectivity index (χ2n) is 6.67. The molecule has 1 aromatic carbocycles. The van der Waals surface area contributed by atoms with Gasteiger partial charge in [0.15, 0.2) is 0 Å². The summed E-state index contributed by atoms with van der Waals surface area (Å²) in [7, 11) is 0.